The second kappa shape index (κ2) is 19.6. The summed E-state index contributed by atoms with van der Waals surface area (Å²) >= 11 is 0. The number of anilines is 3. The number of nitrogens with zero attached hydrogens (tertiary/aromatic N) is 2. The van der Waals surface area contributed by atoms with Crippen molar-refractivity contribution in [1.29, 1.82) is 0 Å². The molecule has 0 aliphatic heterocycles. The first-order chi connectivity index (χ1) is 31.6. The van der Waals surface area contributed by atoms with Crippen LogP contribution in [-0.2, 0) is 15.8 Å². The van der Waals surface area contributed by atoms with E-state index < -0.39 is 11.1 Å². The van der Waals surface area contributed by atoms with Gasteiger partial charge in [0, 0.05) is 12.5 Å². The molecule has 8 aromatic rings. The van der Waals surface area contributed by atoms with Gasteiger partial charge in [-0.1, -0.05) is 232 Å². The topological polar surface area (TPSA) is 89.4 Å². The molecule has 0 saturated heterocycles. The number of hydrogen-bond donors (Lipinski definition) is 3. The Kier molecular flexibility index (Phi) is 13.0. The molecule has 1 heterocycles. The summed E-state index contributed by atoms with van der Waals surface area (Å²) in [6, 6.07) is 76.0. The van der Waals surface area contributed by atoms with Crippen molar-refractivity contribution in [2.24, 2.45) is 5.84 Å². The number of aromatic nitrogens is 1. The summed E-state index contributed by atoms with van der Waals surface area (Å²) in [5, 5.41) is 5.92. The zero-order valence-electron chi connectivity index (χ0n) is 36.3. The molecule has 64 heavy (non-hydrogen) atoms. The van der Waals surface area contributed by atoms with Gasteiger partial charge < -0.3 is 15.8 Å². The molecule has 6 nitrogen and oxygen atoms in total. The second-order valence-electron chi connectivity index (χ2n) is 16.9. The van der Waals surface area contributed by atoms with Crippen molar-refractivity contribution >= 4 is 17.3 Å². The van der Waals surface area contributed by atoms with Gasteiger partial charge in [-0.05, 0) is 69.8 Å². The number of pyridine rings is 1. The molecule has 1 saturated carbocycles. The van der Waals surface area contributed by atoms with Gasteiger partial charge in [0.05, 0.1) is 11.8 Å². The van der Waals surface area contributed by atoms with Crippen LogP contribution in [0.2, 0.25) is 0 Å². The van der Waals surface area contributed by atoms with E-state index in [4.69, 9.17) is 21.3 Å². The predicted octanol–water partition coefficient (Wildman–Crippen LogP) is 12.6. The van der Waals surface area contributed by atoms with Crippen LogP contribution in [0.1, 0.15) is 89.0 Å². The highest BCUT2D eigenvalue weighted by atomic mass is 16.5. The number of rotatable bonds is 16. The van der Waals surface area contributed by atoms with Crippen LogP contribution < -0.4 is 21.9 Å². The lowest BCUT2D eigenvalue weighted by atomic mass is 9.76. The summed E-state index contributed by atoms with van der Waals surface area (Å²) < 4.78 is 6.68. The monoisotopic (exact) mass is 839 g/mol. The number of benzene rings is 7. The van der Waals surface area contributed by atoms with Crippen LogP contribution in [0.4, 0.5) is 17.3 Å². The molecule has 1 aromatic heterocycles. The van der Waals surface area contributed by atoms with E-state index >= 15 is 0 Å². The molecule has 0 bridgehead atoms. The molecule has 1 aliphatic carbocycles. The molecule has 1 aliphatic rings. The van der Waals surface area contributed by atoms with Crippen LogP contribution >= 0.6 is 0 Å². The molecule has 7 aromatic carbocycles. The van der Waals surface area contributed by atoms with Gasteiger partial charge in [-0.15, -0.1) is 0 Å². The van der Waals surface area contributed by atoms with Gasteiger partial charge in [-0.25, -0.2) is 10.8 Å². The van der Waals surface area contributed by atoms with E-state index in [0.717, 1.165) is 63.8 Å². The van der Waals surface area contributed by atoms with Gasteiger partial charge in [-0.2, -0.15) is 0 Å². The van der Waals surface area contributed by atoms with Crippen LogP contribution in [0, 0.1) is 0 Å². The van der Waals surface area contributed by atoms with E-state index in [-0.39, 0.29) is 12.0 Å². The fourth-order valence-electron chi connectivity index (χ4n) is 9.96. The Labute approximate surface area is 378 Å². The van der Waals surface area contributed by atoms with Crippen LogP contribution in [0.3, 0.4) is 0 Å². The lowest BCUT2D eigenvalue weighted by Gasteiger charge is -2.44. The lowest BCUT2D eigenvalue weighted by molar-refractivity contribution is 0.0258. The first-order valence-corrected chi connectivity index (χ1v) is 22.7. The van der Waals surface area contributed by atoms with E-state index in [1.165, 1.54) is 19.3 Å². The average Bonchev–Trinajstić information content (AvgIpc) is 3.37. The quantitative estimate of drug-likeness (QED) is 0.0510. The maximum Gasteiger partial charge on any atom is 0.170 e. The zero-order valence-corrected chi connectivity index (χ0v) is 36.3. The largest absolute Gasteiger partial charge is 0.395 e. The fourth-order valence-corrected chi connectivity index (χ4v) is 9.96. The summed E-state index contributed by atoms with van der Waals surface area (Å²) in [6.45, 7) is 0.598. The third-order valence-electron chi connectivity index (χ3n) is 13.1. The molecule has 5 N–H and O–H groups in total. The zero-order chi connectivity index (χ0) is 43.6. The Morgan fingerprint density at radius 2 is 0.938 bits per heavy atom. The maximum atomic E-state index is 7.88. The number of nitrogen functional groups attached to an aromatic ring is 1. The standard InChI is InChI=1S/C58H57N5O/c59-55-53(52(44-25-9-1-10-26-44)41-42-64-51-39-23-8-24-40-51)43-54(62-57(45-27-11-2-12-28-45,46-29-13-3-14-30-46)47-31-15-4-16-32-47)61-56(55)63(60)58(48-33-17-5-18-34-48,49-35-19-6-20-36-49)50-37-21-7-22-38-50/h1-7,9-22,25-38,43,51-52H,8,23-24,39-42,59-60H2,(H,61,62). The Balaban J connectivity index is 1.31. The van der Waals surface area contributed by atoms with Crippen molar-refractivity contribution in [3.8, 4) is 0 Å². The summed E-state index contributed by atoms with van der Waals surface area (Å²) in [4.78, 5) is 5.60. The summed E-state index contributed by atoms with van der Waals surface area (Å²) in [5.41, 5.74) is 14.4. The fraction of sp³-hybridized carbons (Fsp3) is 0.190. The van der Waals surface area contributed by atoms with E-state index in [0.29, 0.717) is 23.9 Å². The number of ether oxygens (including phenoxy) is 1. The summed E-state index contributed by atoms with van der Waals surface area (Å²) in [6.07, 6.45) is 6.92. The number of hydrazine groups is 1. The van der Waals surface area contributed by atoms with Gasteiger partial charge in [0.15, 0.2) is 5.82 Å². The molecular formula is C58H57N5O. The van der Waals surface area contributed by atoms with Crippen LogP contribution in [0.25, 0.3) is 0 Å². The van der Waals surface area contributed by atoms with E-state index in [2.05, 4.69) is 206 Å². The SMILES string of the molecule is Nc1c(C(CCOC2CCCCC2)c2ccccc2)cc(NC(c2ccccc2)(c2ccccc2)c2ccccc2)nc1N(N)C(c1ccccc1)(c1ccccc1)c1ccccc1. The highest BCUT2D eigenvalue weighted by molar-refractivity contribution is 5.76. The average molecular weight is 840 g/mol. The van der Waals surface area contributed by atoms with Gasteiger partial charge >= 0.3 is 0 Å². The number of hydrogen-bond acceptors (Lipinski definition) is 6. The van der Waals surface area contributed by atoms with Crippen LogP contribution in [-0.4, -0.2) is 17.7 Å². The molecule has 0 radical (unpaired) electrons. The molecule has 1 unspecified atom stereocenters. The van der Waals surface area contributed by atoms with E-state index in [9.17, 15) is 0 Å². The second-order valence-corrected chi connectivity index (χ2v) is 16.9. The van der Waals surface area contributed by atoms with Crippen molar-refractivity contribution in [2.45, 2.75) is 61.6 Å². The Morgan fingerprint density at radius 3 is 1.36 bits per heavy atom. The number of nitrogens with two attached hydrogens (primary N) is 2. The molecular weight excluding hydrogens is 783 g/mol. The summed E-state index contributed by atoms with van der Waals surface area (Å²) in [5.74, 6) is 8.82. The van der Waals surface area contributed by atoms with Crippen molar-refractivity contribution in [1.82, 2.24) is 4.98 Å². The lowest BCUT2D eigenvalue weighted by Crippen LogP contribution is -2.53. The smallest absolute Gasteiger partial charge is 0.170 e. The minimum atomic E-state index is -1.05. The molecule has 320 valence electrons. The molecule has 6 heteroatoms. The Bertz CT molecular complexity index is 2470. The highest BCUT2D eigenvalue weighted by Gasteiger charge is 2.44. The van der Waals surface area contributed by atoms with Crippen molar-refractivity contribution in [3.63, 3.8) is 0 Å². The Hall–Kier alpha value is -6.99. The van der Waals surface area contributed by atoms with Crippen LogP contribution in [0.5, 0.6) is 0 Å². The maximum absolute atomic E-state index is 7.88. The number of nitrogens with one attached hydrogen (secondary N) is 1. The normalized spacial score (nSPS) is 13.8. The van der Waals surface area contributed by atoms with Crippen molar-refractivity contribution < 1.29 is 4.74 Å². The third-order valence-corrected chi connectivity index (χ3v) is 13.1. The van der Waals surface area contributed by atoms with E-state index in [1.54, 1.807) is 0 Å². The van der Waals surface area contributed by atoms with Crippen LogP contribution in [0.15, 0.2) is 218 Å². The van der Waals surface area contributed by atoms with Gasteiger partial charge in [0.1, 0.15) is 16.9 Å². The minimum Gasteiger partial charge on any atom is -0.395 e. The molecule has 0 amide bonds. The Morgan fingerprint density at radius 1 is 0.547 bits per heavy atom. The van der Waals surface area contributed by atoms with Gasteiger partial charge in [0.25, 0.3) is 0 Å². The van der Waals surface area contributed by atoms with Crippen molar-refractivity contribution in [2.75, 3.05) is 22.7 Å². The molecule has 9 rings (SSSR count). The third kappa shape index (κ3) is 8.42. The molecule has 1 atom stereocenters. The molecule has 0 spiro atoms. The minimum absolute atomic E-state index is 0.139. The first-order valence-electron chi connectivity index (χ1n) is 22.7. The first kappa shape index (κ1) is 42.3. The summed E-state index contributed by atoms with van der Waals surface area (Å²) in [7, 11) is 0. The predicted molar refractivity (Wildman–Crippen MR) is 263 cm³/mol. The molecule has 1 fully saturated rings. The van der Waals surface area contributed by atoms with Gasteiger partial charge in [-0.3, -0.25) is 5.01 Å². The van der Waals surface area contributed by atoms with Gasteiger partial charge in [0.2, 0.25) is 0 Å². The highest BCUT2D eigenvalue weighted by Crippen LogP contribution is 2.48. The van der Waals surface area contributed by atoms with Crippen molar-refractivity contribution in [3.05, 3.63) is 263 Å². The van der Waals surface area contributed by atoms with E-state index in [1.807, 2.05) is 23.2 Å².